The molecule has 0 unspecified atom stereocenters. The van der Waals surface area contributed by atoms with E-state index in [-0.39, 0.29) is 28.9 Å². The van der Waals surface area contributed by atoms with E-state index in [9.17, 15) is 4.79 Å². The van der Waals surface area contributed by atoms with Gasteiger partial charge in [0.1, 0.15) is 19.1 Å². The van der Waals surface area contributed by atoms with Crippen LogP contribution >= 0.6 is 0 Å². The van der Waals surface area contributed by atoms with Gasteiger partial charge in [0.25, 0.3) is 0 Å². The summed E-state index contributed by atoms with van der Waals surface area (Å²) in [6.45, 7) is 7.70. The Labute approximate surface area is 162 Å². The van der Waals surface area contributed by atoms with Gasteiger partial charge in [-0.1, -0.05) is 60.7 Å². The van der Waals surface area contributed by atoms with E-state index in [0.717, 1.165) is 35.2 Å². The van der Waals surface area contributed by atoms with Crippen molar-refractivity contribution in [2.75, 3.05) is 33.3 Å². The summed E-state index contributed by atoms with van der Waals surface area (Å²) in [4.78, 5) is 12.8. The smallest absolute Gasteiger partial charge is 0.318 e. The van der Waals surface area contributed by atoms with Gasteiger partial charge in [-0.15, -0.1) is 0 Å². The van der Waals surface area contributed by atoms with Crippen LogP contribution in [0.2, 0.25) is 0 Å². The highest BCUT2D eigenvalue weighted by Gasteiger charge is 2.25. The SMILES string of the molecule is CC[N+](C)(CC)CCOC(=O)C(c1ccccc1)c1ccccc1.[Br-]. The van der Waals surface area contributed by atoms with Crippen LogP contribution in [0.5, 0.6) is 0 Å². The van der Waals surface area contributed by atoms with Crippen molar-refractivity contribution in [2.24, 2.45) is 0 Å². The van der Waals surface area contributed by atoms with Crippen molar-refractivity contribution in [2.45, 2.75) is 19.8 Å². The van der Waals surface area contributed by atoms with Crippen molar-refractivity contribution < 1.29 is 31.0 Å². The second kappa shape index (κ2) is 10.4. The summed E-state index contributed by atoms with van der Waals surface area (Å²) in [5, 5.41) is 0. The first kappa shape index (κ1) is 21.4. The molecule has 3 nitrogen and oxygen atoms in total. The fraction of sp³-hybridized carbons (Fsp3) is 0.381. The predicted octanol–water partition coefficient (Wildman–Crippen LogP) is 0.852. The number of carbonyl (C=O) groups excluding carboxylic acids is 1. The minimum atomic E-state index is -0.366. The van der Waals surface area contributed by atoms with Gasteiger partial charge in [-0.25, -0.2) is 0 Å². The van der Waals surface area contributed by atoms with Crippen molar-refractivity contribution in [3.8, 4) is 0 Å². The highest BCUT2D eigenvalue weighted by molar-refractivity contribution is 5.82. The zero-order valence-corrected chi connectivity index (χ0v) is 16.9. The van der Waals surface area contributed by atoms with Crippen LogP contribution in [0.15, 0.2) is 60.7 Å². The third-order valence-corrected chi connectivity index (χ3v) is 4.90. The molecule has 0 saturated heterocycles. The molecule has 0 radical (unpaired) electrons. The maximum atomic E-state index is 12.8. The van der Waals surface area contributed by atoms with Gasteiger partial charge in [0, 0.05) is 0 Å². The molecule has 0 saturated carbocycles. The first-order valence-corrected chi connectivity index (χ1v) is 8.69. The van der Waals surface area contributed by atoms with Gasteiger partial charge in [-0.2, -0.15) is 0 Å². The molecule has 0 bridgehead atoms. The lowest BCUT2D eigenvalue weighted by Gasteiger charge is -2.32. The van der Waals surface area contributed by atoms with E-state index in [2.05, 4.69) is 20.9 Å². The summed E-state index contributed by atoms with van der Waals surface area (Å²) in [5.41, 5.74) is 1.94. The minimum Gasteiger partial charge on any atom is -1.00 e. The Morgan fingerprint density at radius 2 is 1.36 bits per heavy atom. The first-order valence-electron chi connectivity index (χ1n) is 8.69. The molecular weight excluding hydrogens is 378 g/mol. The number of ether oxygens (including phenoxy) is 1. The second-order valence-electron chi connectivity index (χ2n) is 6.40. The number of benzene rings is 2. The molecule has 0 spiro atoms. The number of hydrogen-bond donors (Lipinski definition) is 0. The normalized spacial score (nSPS) is 11.0. The Balaban J connectivity index is 0.00000312. The highest BCUT2D eigenvalue weighted by Crippen LogP contribution is 2.25. The summed E-state index contributed by atoms with van der Waals surface area (Å²) in [6, 6.07) is 19.7. The van der Waals surface area contributed by atoms with Crippen LogP contribution in [0, 0.1) is 0 Å². The topological polar surface area (TPSA) is 26.3 Å². The quantitative estimate of drug-likeness (QED) is 0.480. The molecule has 0 fully saturated rings. The molecule has 2 aromatic rings. The number of hydrogen-bond acceptors (Lipinski definition) is 2. The van der Waals surface area contributed by atoms with Gasteiger partial charge in [-0.3, -0.25) is 4.79 Å². The fourth-order valence-corrected chi connectivity index (χ4v) is 2.75. The van der Waals surface area contributed by atoms with Crippen LogP contribution in [0.1, 0.15) is 30.9 Å². The molecule has 136 valence electrons. The average molecular weight is 406 g/mol. The summed E-state index contributed by atoms with van der Waals surface area (Å²) in [6.07, 6.45) is 0. The summed E-state index contributed by atoms with van der Waals surface area (Å²) < 4.78 is 6.57. The number of nitrogens with zero attached hydrogens (tertiary/aromatic N) is 1. The van der Waals surface area contributed by atoms with Crippen molar-refractivity contribution in [1.29, 1.82) is 0 Å². The largest absolute Gasteiger partial charge is 1.00 e. The zero-order valence-electron chi connectivity index (χ0n) is 15.3. The number of rotatable bonds is 8. The van der Waals surface area contributed by atoms with E-state index < -0.39 is 0 Å². The Morgan fingerprint density at radius 3 is 1.76 bits per heavy atom. The number of likely N-dealkylation sites (N-methyl/N-ethyl adjacent to an activating group) is 1. The van der Waals surface area contributed by atoms with E-state index in [1.165, 1.54) is 0 Å². The van der Waals surface area contributed by atoms with Gasteiger partial charge < -0.3 is 26.2 Å². The Bertz CT molecular complexity index is 587. The van der Waals surface area contributed by atoms with E-state index in [0.29, 0.717) is 6.61 Å². The average Bonchev–Trinajstić information content (AvgIpc) is 2.63. The van der Waals surface area contributed by atoms with E-state index in [4.69, 9.17) is 4.74 Å². The second-order valence-corrected chi connectivity index (χ2v) is 6.40. The number of esters is 1. The van der Waals surface area contributed by atoms with Crippen LogP contribution in [0.4, 0.5) is 0 Å². The molecule has 0 aliphatic carbocycles. The molecule has 2 aromatic carbocycles. The molecule has 0 aromatic heterocycles. The molecule has 25 heavy (non-hydrogen) atoms. The lowest BCUT2D eigenvalue weighted by Crippen LogP contribution is -3.00. The van der Waals surface area contributed by atoms with E-state index in [1.807, 2.05) is 60.7 Å². The monoisotopic (exact) mass is 405 g/mol. The Kier molecular flexibility index (Phi) is 8.87. The molecule has 0 aliphatic heterocycles. The first-order chi connectivity index (χ1) is 11.6. The lowest BCUT2D eigenvalue weighted by molar-refractivity contribution is -0.906. The van der Waals surface area contributed by atoms with Crippen molar-refractivity contribution in [1.82, 2.24) is 0 Å². The van der Waals surface area contributed by atoms with E-state index >= 15 is 0 Å². The molecule has 4 heteroatoms. The van der Waals surface area contributed by atoms with Gasteiger partial charge >= 0.3 is 5.97 Å². The molecule has 0 amide bonds. The van der Waals surface area contributed by atoms with Crippen molar-refractivity contribution in [3.05, 3.63) is 71.8 Å². The molecule has 2 rings (SSSR count). The minimum absolute atomic E-state index is 0. The maximum absolute atomic E-state index is 12.8. The standard InChI is InChI=1S/C21H28NO2.BrH/c1-4-22(3,5-2)16-17-24-21(23)20(18-12-8-6-9-13-18)19-14-10-7-11-15-19;/h6-15,20H,4-5,16-17H2,1-3H3;1H/q+1;/p-1. The number of carbonyl (C=O) groups is 1. The number of quaternary nitrogens is 1. The van der Waals surface area contributed by atoms with Crippen molar-refractivity contribution >= 4 is 5.97 Å². The van der Waals surface area contributed by atoms with Crippen LogP contribution in [0.25, 0.3) is 0 Å². The van der Waals surface area contributed by atoms with Gasteiger partial charge in [0.2, 0.25) is 0 Å². The molecular formula is C21H28BrNO2. The van der Waals surface area contributed by atoms with Gasteiger partial charge in [0.15, 0.2) is 0 Å². The predicted molar refractivity (Wildman–Crippen MR) is 97.8 cm³/mol. The lowest BCUT2D eigenvalue weighted by atomic mass is 9.91. The zero-order chi connectivity index (χ0) is 17.4. The molecule has 0 aliphatic rings. The fourth-order valence-electron chi connectivity index (χ4n) is 2.75. The molecule has 0 atom stereocenters. The third-order valence-electron chi connectivity index (χ3n) is 4.90. The van der Waals surface area contributed by atoms with Crippen LogP contribution in [-0.4, -0.2) is 43.7 Å². The summed E-state index contributed by atoms with van der Waals surface area (Å²) in [5.74, 6) is -0.541. The van der Waals surface area contributed by atoms with Crippen LogP contribution < -0.4 is 17.0 Å². The summed E-state index contributed by atoms with van der Waals surface area (Å²) >= 11 is 0. The third kappa shape index (κ3) is 5.98. The van der Waals surface area contributed by atoms with Crippen LogP contribution in [0.3, 0.4) is 0 Å². The molecule has 0 N–H and O–H groups in total. The van der Waals surface area contributed by atoms with Gasteiger partial charge in [-0.05, 0) is 25.0 Å². The highest BCUT2D eigenvalue weighted by atomic mass is 79.9. The van der Waals surface area contributed by atoms with Crippen molar-refractivity contribution in [3.63, 3.8) is 0 Å². The summed E-state index contributed by atoms with van der Waals surface area (Å²) in [7, 11) is 2.19. The van der Waals surface area contributed by atoms with E-state index in [1.54, 1.807) is 0 Å². The molecule has 0 heterocycles. The van der Waals surface area contributed by atoms with Crippen LogP contribution in [-0.2, 0) is 9.53 Å². The Hall–Kier alpha value is -1.65. The number of halogens is 1. The van der Waals surface area contributed by atoms with Gasteiger partial charge in [0.05, 0.1) is 20.1 Å². The maximum Gasteiger partial charge on any atom is 0.318 e. The Morgan fingerprint density at radius 1 is 0.920 bits per heavy atom.